The molecule has 1 unspecified atom stereocenters. The molecule has 0 heterocycles. The highest BCUT2D eigenvalue weighted by Crippen LogP contribution is 2.34. The van der Waals surface area contributed by atoms with Gasteiger partial charge in [0, 0.05) is 0 Å². The fraction of sp³-hybridized carbons (Fsp3) is 0.400. The predicted octanol–water partition coefficient (Wildman–Crippen LogP) is 2.83. The lowest BCUT2D eigenvalue weighted by Gasteiger charge is -2.22. The van der Waals surface area contributed by atoms with Crippen molar-refractivity contribution in [2.45, 2.75) is 19.8 Å². The van der Waals surface area contributed by atoms with E-state index in [2.05, 4.69) is 6.08 Å². The van der Waals surface area contributed by atoms with Crippen LogP contribution in [0.1, 0.15) is 24.5 Å². The molecule has 0 saturated carbocycles. The van der Waals surface area contributed by atoms with Crippen LogP contribution in [0.25, 0.3) is 5.57 Å². The Morgan fingerprint density at radius 1 is 1.33 bits per heavy atom. The number of allylic oxidation sites excluding steroid dienone is 1. The van der Waals surface area contributed by atoms with Crippen molar-refractivity contribution in [2.75, 3.05) is 14.2 Å². The molecule has 0 spiro atoms. The normalized spacial score (nSPS) is 15.4. The van der Waals surface area contributed by atoms with E-state index < -0.39 is 0 Å². The molecule has 1 aliphatic carbocycles. The highest BCUT2D eigenvalue weighted by atomic mass is 16.5. The van der Waals surface area contributed by atoms with Crippen LogP contribution in [0.2, 0.25) is 0 Å². The fourth-order valence-electron chi connectivity index (χ4n) is 2.39. The van der Waals surface area contributed by atoms with Crippen molar-refractivity contribution in [1.82, 2.24) is 0 Å². The molecule has 0 radical (unpaired) electrons. The minimum atomic E-state index is -0.220. The summed E-state index contributed by atoms with van der Waals surface area (Å²) in [6.45, 7) is 1.89. The first-order valence-electron chi connectivity index (χ1n) is 6.12. The molecule has 96 valence electrons. The van der Waals surface area contributed by atoms with E-state index in [4.69, 9.17) is 9.47 Å². The molecule has 18 heavy (non-hydrogen) atoms. The topological polar surface area (TPSA) is 35.5 Å². The van der Waals surface area contributed by atoms with Crippen LogP contribution in [0.4, 0.5) is 0 Å². The van der Waals surface area contributed by atoms with Gasteiger partial charge in [-0.15, -0.1) is 0 Å². The van der Waals surface area contributed by atoms with E-state index in [1.54, 1.807) is 7.11 Å². The summed E-state index contributed by atoms with van der Waals surface area (Å²) in [5.74, 6) is 0.452. The summed E-state index contributed by atoms with van der Waals surface area (Å²) >= 11 is 0. The van der Waals surface area contributed by atoms with Crippen LogP contribution < -0.4 is 4.74 Å². The van der Waals surface area contributed by atoms with E-state index in [0.29, 0.717) is 0 Å². The molecule has 0 amide bonds. The number of fused-ring (bicyclic) bond motifs is 1. The van der Waals surface area contributed by atoms with Crippen LogP contribution in [-0.2, 0) is 16.0 Å². The first kappa shape index (κ1) is 12.7. The summed E-state index contributed by atoms with van der Waals surface area (Å²) in [5, 5.41) is 0. The van der Waals surface area contributed by atoms with E-state index in [1.165, 1.54) is 12.7 Å². The monoisotopic (exact) mass is 246 g/mol. The second kappa shape index (κ2) is 5.25. The second-order valence-corrected chi connectivity index (χ2v) is 4.47. The van der Waals surface area contributed by atoms with Crippen LogP contribution >= 0.6 is 0 Å². The zero-order chi connectivity index (χ0) is 13.1. The molecule has 0 aliphatic heterocycles. The number of benzene rings is 1. The lowest BCUT2D eigenvalue weighted by Crippen LogP contribution is -2.16. The van der Waals surface area contributed by atoms with Gasteiger partial charge < -0.3 is 9.47 Å². The number of carbonyl (C=O) groups excluding carboxylic acids is 1. The zero-order valence-electron chi connectivity index (χ0n) is 11.0. The number of rotatable bonds is 3. The van der Waals surface area contributed by atoms with Crippen molar-refractivity contribution in [2.24, 2.45) is 5.92 Å². The zero-order valence-corrected chi connectivity index (χ0v) is 11.0. The maximum Gasteiger partial charge on any atom is 0.312 e. The number of esters is 1. The van der Waals surface area contributed by atoms with Gasteiger partial charge in [-0.3, -0.25) is 4.79 Å². The molecule has 1 aromatic rings. The van der Waals surface area contributed by atoms with Gasteiger partial charge in [0.25, 0.3) is 0 Å². The van der Waals surface area contributed by atoms with Crippen molar-refractivity contribution >= 4 is 11.5 Å². The lowest BCUT2D eigenvalue weighted by atomic mass is 9.84. The van der Waals surface area contributed by atoms with Crippen molar-refractivity contribution < 1.29 is 14.3 Å². The highest BCUT2D eigenvalue weighted by molar-refractivity contribution is 5.89. The SMILES string of the molecule is COC(=O)C(C)C1=CCCc2cc(OC)ccc21. The molecule has 0 fully saturated rings. The molecular formula is C15H18O3. The van der Waals surface area contributed by atoms with Gasteiger partial charge in [-0.1, -0.05) is 12.1 Å². The first-order valence-corrected chi connectivity index (χ1v) is 6.12. The Kier molecular flexibility index (Phi) is 3.70. The molecular weight excluding hydrogens is 228 g/mol. The van der Waals surface area contributed by atoms with Crippen molar-refractivity contribution in [3.05, 3.63) is 35.4 Å². The molecule has 0 bridgehead atoms. The Hall–Kier alpha value is -1.77. The molecule has 3 nitrogen and oxygen atoms in total. The predicted molar refractivity (Wildman–Crippen MR) is 70.5 cm³/mol. The minimum Gasteiger partial charge on any atom is -0.497 e. The van der Waals surface area contributed by atoms with E-state index in [0.717, 1.165) is 29.7 Å². The maximum atomic E-state index is 11.7. The molecule has 0 N–H and O–H groups in total. The van der Waals surface area contributed by atoms with Crippen LogP contribution in [0.5, 0.6) is 5.75 Å². The second-order valence-electron chi connectivity index (χ2n) is 4.47. The smallest absolute Gasteiger partial charge is 0.312 e. The molecule has 2 rings (SSSR count). The number of aryl methyl sites for hydroxylation is 1. The minimum absolute atomic E-state index is 0.190. The summed E-state index contributed by atoms with van der Waals surface area (Å²) in [6, 6.07) is 6.01. The number of carbonyl (C=O) groups is 1. The standard InChI is InChI=1S/C15H18O3/c1-10(15(16)18-3)13-6-4-5-11-9-12(17-2)7-8-14(11)13/h6-10H,4-5H2,1-3H3. The Balaban J connectivity index is 2.37. The quantitative estimate of drug-likeness (QED) is 0.769. The van der Waals surface area contributed by atoms with E-state index in [1.807, 2.05) is 25.1 Å². The highest BCUT2D eigenvalue weighted by Gasteiger charge is 2.23. The van der Waals surface area contributed by atoms with Crippen molar-refractivity contribution in [3.63, 3.8) is 0 Å². The number of methoxy groups -OCH3 is 2. The van der Waals surface area contributed by atoms with Gasteiger partial charge in [0.2, 0.25) is 0 Å². The van der Waals surface area contributed by atoms with Gasteiger partial charge >= 0.3 is 5.97 Å². The Morgan fingerprint density at radius 2 is 2.11 bits per heavy atom. The van der Waals surface area contributed by atoms with Gasteiger partial charge in [-0.05, 0) is 48.6 Å². The van der Waals surface area contributed by atoms with Crippen LogP contribution in [0.15, 0.2) is 24.3 Å². The van der Waals surface area contributed by atoms with Crippen LogP contribution in [0, 0.1) is 5.92 Å². The van der Waals surface area contributed by atoms with E-state index >= 15 is 0 Å². The van der Waals surface area contributed by atoms with Crippen LogP contribution in [-0.4, -0.2) is 20.2 Å². The summed E-state index contributed by atoms with van der Waals surface area (Å²) < 4.78 is 10.1. The number of hydrogen-bond donors (Lipinski definition) is 0. The molecule has 1 aliphatic rings. The van der Waals surface area contributed by atoms with Gasteiger partial charge in [-0.2, -0.15) is 0 Å². The maximum absolute atomic E-state index is 11.7. The Labute approximate surface area is 107 Å². The third kappa shape index (κ3) is 2.26. The summed E-state index contributed by atoms with van der Waals surface area (Å²) in [7, 11) is 3.09. The van der Waals surface area contributed by atoms with Crippen LogP contribution in [0.3, 0.4) is 0 Å². The molecule has 0 aromatic heterocycles. The van der Waals surface area contributed by atoms with Gasteiger partial charge in [0.05, 0.1) is 20.1 Å². The lowest BCUT2D eigenvalue weighted by molar-refractivity contribution is -0.142. The van der Waals surface area contributed by atoms with Gasteiger partial charge in [0.15, 0.2) is 0 Å². The third-order valence-electron chi connectivity index (χ3n) is 3.42. The van der Waals surface area contributed by atoms with Crippen molar-refractivity contribution in [3.8, 4) is 5.75 Å². The largest absolute Gasteiger partial charge is 0.497 e. The van der Waals surface area contributed by atoms with Crippen molar-refractivity contribution in [1.29, 1.82) is 0 Å². The van der Waals surface area contributed by atoms with E-state index in [9.17, 15) is 4.79 Å². The van der Waals surface area contributed by atoms with Gasteiger partial charge in [-0.25, -0.2) is 0 Å². The molecule has 1 aromatic carbocycles. The molecule has 1 atom stereocenters. The fourth-order valence-corrected chi connectivity index (χ4v) is 2.39. The number of ether oxygens (including phenoxy) is 2. The Bertz CT molecular complexity index is 489. The van der Waals surface area contributed by atoms with E-state index in [-0.39, 0.29) is 11.9 Å². The summed E-state index contributed by atoms with van der Waals surface area (Å²) in [6.07, 6.45) is 4.08. The summed E-state index contributed by atoms with van der Waals surface area (Å²) in [4.78, 5) is 11.7. The average Bonchev–Trinajstić information content (AvgIpc) is 2.44. The number of hydrogen-bond acceptors (Lipinski definition) is 3. The van der Waals surface area contributed by atoms with Gasteiger partial charge in [0.1, 0.15) is 5.75 Å². The molecule has 0 saturated heterocycles. The summed E-state index contributed by atoms with van der Waals surface area (Å²) in [5.41, 5.74) is 3.44. The third-order valence-corrected chi connectivity index (χ3v) is 3.42. The Morgan fingerprint density at radius 3 is 2.78 bits per heavy atom. The average molecular weight is 246 g/mol. The first-order chi connectivity index (χ1) is 8.67. The molecule has 3 heteroatoms.